The molecule has 4 rings (SSSR count). The van der Waals surface area contributed by atoms with Gasteiger partial charge in [0.25, 0.3) is 0 Å². The molecule has 32 heavy (non-hydrogen) atoms. The zero-order chi connectivity index (χ0) is 22.9. The second-order valence-electron chi connectivity index (χ2n) is 9.76. The molecule has 1 N–H and O–H groups in total. The fourth-order valence-corrected chi connectivity index (χ4v) is 4.80. The van der Waals surface area contributed by atoms with Gasteiger partial charge < -0.3 is 14.6 Å². The van der Waals surface area contributed by atoms with Gasteiger partial charge in [-0.05, 0) is 19.0 Å². The first-order valence-corrected chi connectivity index (χ1v) is 14.6. The number of ether oxygens (including phenoxy) is 1. The molecule has 3 aromatic rings. The van der Waals surface area contributed by atoms with E-state index in [1.165, 1.54) is 0 Å². The van der Waals surface area contributed by atoms with E-state index in [-0.39, 0.29) is 11.5 Å². The maximum atomic E-state index is 9.75. The summed E-state index contributed by atoms with van der Waals surface area (Å²) in [7, 11) is -1.14. The molecule has 3 aromatic heterocycles. The molecule has 1 saturated heterocycles. The quantitative estimate of drug-likeness (QED) is 0.418. The molecule has 0 bridgehead atoms. The van der Waals surface area contributed by atoms with Gasteiger partial charge in [0.1, 0.15) is 24.0 Å². The van der Waals surface area contributed by atoms with Gasteiger partial charge in [0.15, 0.2) is 0 Å². The Morgan fingerprint density at radius 2 is 2.06 bits per heavy atom. The number of hydrogen-bond donors (Lipinski definition) is 1. The number of nitrogens with zero attached hydrogens (tertiary/aromatic N) is 6. The summed E-state index contributed by atoms with van der Waals surface area (Å²) in [6, 6.07) is 7.73. The van der Waals surface area contributed by atoms with E-state index < -0.39 is 8.07 Å². The molecule has 1 fully saturated rings. The van der Waals surface area contributed by atoms with Crippen LogP contribution in [0.3, 0.4) is 0 Å². The van der Waals surface area contributed by atoms with Gasteiger partial charge in [0.2, 0.25) is 0 Å². The van der Waals surface area contributed by atoms with E-state index in [0.717, 1.165) is 34.8 Å². The van der Waals surface area contributed by atoms with Crippen LogP contribution in [0, 0.1) is 28.6 Å². The number of hydrogen-bond acceptors (Lipinski definition) is 6. The lowest BCUT2D eigenvalue weighted by Gasteiger charge is -2.44. The monoisotopic (exact) mass is 447 g/mol. The minimum Gasteiger partial charge on any atom is -0.361 e. The van der Waals surface area contributed by atoms with Crippen LogP contribution in [0.2, 0.25) is 25.7 Å². The van der Waals surface area contributed by atoms with E-state index >= 15 is 0 Å². The van der Waals surface area contributed by atoms with Gasteiger partial charge >= 0.3 is 0 Å². The number of nitriles is 2. The van der Waals surface area contributed by atoms with Crippen LogP contribution in [0.25, 0.3) is 22.2 Å². The summed E-state index contributed by atoms with van der Waals surface area (Å²) in [5.41, 5.74) is 2.59. The summed E-state index contributed by atoms with van der Waals surface area (Å²) in [6.07, 6.45) is 7.30. The topological polar surface area (TPSA) is 104 Å². The van der Waals surface area contributed by atoms with Crippen LogP contribution in [0.15, 0.2) is 30.9 Å². The highest BCUT2D eigenvalue weighted by Crippen LogP contribution is 2.35. The van der Waals surface area contributed by atoms with Crippen LogP contribution in [-0.2, 0) is 17.0 Å². The maximum absolute atomic E-state index is 9.75. The average Bonchev–Trinajstić information content (AvgIpc) is 3.36. The third-order valence-electron chi connectivity index (χ3n) is 6.33. The zero-order valence-electron chi connectivity index (χ0n) is 19.1. The third-order valence-corrected chi connectivity index (χ3v) is 8.03. The Morgan fingerprint density at radius 1 is 1.28 bits per heavy atom. The van der Waals surface area contributed by atoms with Crippen molar-refractivity contribution in [3.63, 3.8) is 0 Å². The predicted molar refractivity (Wildman–Crippen MR) is 125 cm³/mol. The van der Waals surface area contributed by atoms with Gasteiger partial charge in [-0.3, -0.25) is 4.68 Å². The minimum absolute atomic E-state index is 0.182. The van der Waals surface area contributed by atoms with Crippen molar-refractivity contribution in [1.29, 1.82) is 10.5 Å². The second kappa shape index (κ2) is 8.51. The van der Waals surface area contributed by atoms with Gasteiger partial charge in [-0.25, -0.2) is 4.98 Å². The first kappa shape index (κ1) is 22.2. The van der Waals surface area contributed by atoms with Crippen molar-refractivity contribution in [1.82, 2.24) is 24.6 Å². The largest absolute Gasteiger partial charge is 0.361 e. The average molecular weight is 448 g/mol. The van der Waals surface area contributed by atoms with Crippen molar-refractivity contribution in [2.45, 2.75) is 44.9 Å². The fourth-order valence-electron chi connectivity index (χ4n) is 4.04. The molecule has 1 atom stereocenters. The Balaban J connectivity index is 1.66. The number of pyridine rings is 1. The van der Waals surface area contributed by atoms with E-state index in [0.29, 0.717) is 25.4 Å². The molecule has 8 nitrogen and oxygen atoms in total. The molecular weight excluding hydrogens is 418 g/mol. The summed E-state index contributed by atoms with van der Waals surface area (Å²) in [5.74, 6) is -0.182. The Kier molecular flexibility index (Phi) is 5.91. The summed E-state index contributed by atoms with van der Waals surface area (Å²) in [5, 5.41) is 28.0. The molecule has 4 heterocycles. The Labute approximate surface area is 189 Å². The summed E-state index contributed by atoms with van der Waals surface area (Å²) < 4.78 is 9.77. The van der Waals surface area contributed by atoms with Crippen LogP contribution >= 0.6 is 0 Å². The summed E-state index contributed by atoms with van der Waals surface area (Å²) in [4.78, 5) is 4.54. The van der Waals surface area contributed by atoms with E-state index in [1.807, 2.05) is 34.6 Å². The molecule has 0 amide bonds. The molecule has 1 aliphatic rings. The highest BCUT2D eigenvalue weighted by molar-refractivity contribution is 6.76. The van der Waals surface area contributed by atoms with E-state index in [4.69, 9.17) is 4.74 Å². The molecule has 1 aliphatic heterocycles. The summed E-state index contributed by atoms with van der Waals surface area (Å²) in [6.45, 7) is 11.5. The van der Waals surface area contributed by atoms with Crippen molar-refractivity contribution in [2.24, 2.45) is 5.92 Å². The first-order valence-electron chi connectivity index (χ1n) is 10.9. The first-order chi connectivity index (χ1) is 15.3. The number of fused-ring (bicyclic) bond motifs is 1. The standard InChI is InChI=1S/C23H29N7OSi/c1-17(9-24)23(14-26-15-23)30-13-19(12-28-30)21-18(10-25)11-27-22-20(21)5-6-29(22)16-31-7-8-32(2,3)4/h5-6,11-13,17,26H,7-8,14-16H2,1-4H3. The fraction of sp³-hybridized carbons (Fsp3) is 0.478. The highest BCUT2D eigenvalue weighted by Gasteiger charge is 2.45. The van der Waals surface area contributed by atoms with Crippen LogP contribution < -0.4 is 5.32 Å². The SMILES string of the molecule is CC(C#N)C1(n2cc(-c3c(C#N)cnc4c3ccn4COCC[Si](C)(C)C)cn2)CNC1. The highest BCUT2D eigenvalue weighted by atomic mass is 28.3. The van der Waals surface area contributed by atoms with Crippen molar-refractivity contribution in [2.75, 3.05) is 19.7 Å². The Morgan fingerprint density at radius 3 is 2.69 bits per heavy atom. The van der Waals surface area contributed by atoms with Gasteiger partial charge in [-0.2, -0.15) is 15.6 Å². The minimum atomic E-state index is -1.14. The van der Waals surface area contributed by atoms with Crippen LogP contribution in [0.5, 0.6) is 0 Å². The van der Waals surface area contributed by atoms with Gasteiger partial charge in [-0.1, -0.05) is 19.6 Å². The zero-order valence-corrected chi connectivity index (χ0v) is 20.1. The molecule has 9 heteroatoms. The summed E-state index contributed by atoms with van der Waals surface area (Å²) >= 11 is 0. The number of nitrogens with one attached hydrogen (secondary N) is 1. The van der Waals surface area contributed by atoms with Crippen molar-refractivity contribution in [3.05, 3.63) is 36.4 Å². The molecule has 0 spiro atoms. The predicted octanol–water partition coefficient (Wildman–Crippen LogP) is 3.54. The Hall–Kier alpha value is -2.98. The van der Waals surface area contributed by atoms with Gasteiger partial charge in [0.05, 0.1) is 23.7 Å². The molecule has 1 unspecified atom stereocenters. The molecule has 0 radical (unpaired) electrons. The number of rotatable bonds is 8. The Bertz CT molecular complexity index is 1200. The van der Waals surface area contributed by atoms with Crippen molar-refractivity contribution in [3.8, 4) is 23.3 Å². The van der Waals surface area contributed by atoms with E-state index in [2.05, 4.69) is 47.2 Å². The molecule has 166 valence electrons. The lowest BCUT2D eigenvalue weighted by Crippen LogP contribution is -2.64. The molecule has 0 aromatic carbocycles. The van der Waals surface area contributed by atoms with Gasteiger partial charge in [0, 0.05) is 62.9 Å². The maximum Gasteiger partial charge on any atom is 0.142 e. The van der Waals surface area contributed by atoms with E-state index in [9.17, 15) is 10.5 Å². The van der Waals surface area contributed by atoms with E-state index in [1.54, 1.807) is 12.4 Å². The molecule has 0 aliphatic carbocycles. The molecular formula is C23H29N7OSi. The molecule has 0 saturated carbocycles. The lowest BCUT2D eigenvalue weighted by atomic mass is 9.81. The van der Waals surface area contributed by atoms with Crippen LogP contribution in [0.4, 0.5) is 0 Å². The van der Waals surface area contributed by atoms with Crippen LogP contribution in [-0.4, -0.2) is 47.1 Å². The smallest absolute Gasteiger partial charge is 0.142 e. The number of aromatic nitrogens is 4. The van der Waals surface area contributed by atoms with Crippen molar-refractivity contribution < 1.29 is 4.74 Å². The lowest BCUT2D eigenvalue weighted by molar-refractivity contribution is 0.0899. The van der Waals surface area contributed by atoms with Crippen molar-refractivity contribution >= 4 is 19.1 Å². The van der Waals surface area contributed by atoms with Gasteiger partial charge in [-0.15, -0.1) is 0 Å². The third kappa shape index (κ3) is 3.95. The second-order valence-corrected chi connectivity index (χ2v) is 15.4. The normalized spacial score (nSPS) is 16.3. The van der Waals surface area contributed by atoms with Crippen LogP contribution in [0.1, 0.15) is 12.5 Å².